The maximum atomic E-state index is 10.1. The monoisotopic (exact) mass is 514 g/mol. The summed E-state index contributed by atoms with van der Waals surface area (Å²) in [5, 5.41) is 37.0. The zero-order valence-electron chi connectivity index (χ0n) is 17.2. The third kappa shape index (κ3) is 8.95. The number of fused-ring (bicyclic) bond motifs is 1. The minimum atomic E-state index is -4.67. The third-order valence-corrected chi connectivity index (χ3v) is 4.77. The lowest BCUT2D eigenvalue weighted by atomic mass is 10.1. The number of aliphatic hydroxyl groups excluding tert-OH is 3. The van der Waals surface area contributed by atoms with Gasteiger partial charge in [0.25, 0.3) is 0 Å². The molecule has 2 aromatic heterocycles. The maximum absolute atomic E-state index is 10.1. The zero-order chi connectivity index (χ0) is 25.3. The molecule has 3 rings (SSSR count). The number of anilines is 1. The van der Waals surface area contributed by atoms with Crippen molar-refractivity contribution in [2.75, 3.05) is 24.3 Å². The van der Waals surface area contributed by atoms with E-state index in [-0.39, 0.29) is 5.82 Å². The number of nitrogens with two attached hydrogens (primary N) is 2. The fourth-order valence-electron chi connectivity index (χ4n) is 2.53. The van der Waals surface area contributed by atoms with Crippen molar-refractivity contribution >= 4 is 45.1 Å². The van der Waals surface area contributed by atoms with Crippen LogP contribution in [0.4, 0.5) is 5.82 Å². The van der Waals surface area contributed by atoms with E-state index in [2.05, 4.69) is 15.0 Å². The van der Waals surface area contributed by atoms with Crippen molar-refractivity contribution in [3.05, 3.63) is 12.7 Å². The molecule has 1 aliphatic rings. The topological polar surface area (TPSA) is 277 Å². The van der Waals surface area contributed by atoms with Gasteiger partial charge in [0, 0.05) is 0 Å². The van der Waals surface area contributed by atoms with Crippen LogP contribution in [0.2, 0.25) is 0 Å². The first-order valence-electron chi connectivity index (χ1n) is 9.04. The van der Waals surface area contributed by atoms with Crippen LogP contribution in [-0.2, 0) is 19.9 Å². The van der Waals surface area contributed by atoms with Crippen molar-refractivity contribution < 1.29 is 47.5 Å². The molecule has 3 heterocycles. The molecule has 1 fully saturated rings. The van der Waals surface area contributed by atoms with E-state index in [0.717, 1.165) is 5.75 Å². The Hall–Kier alpha value is -2.16. The van der Waals surface area contributed by atoms with E-state index >= 15 is 0 Å². The van der Waals surface area contributed by atoms with E-state index in [1.165, 1.54) is 17.2 Å². The summed E-state index contributed by atoms with van der Waals surface area (Å²) in [6, 6.07) is -0.683. The number of hydrogen-bond donors (Lipinski definition) is 8. The Morgan fingerprint density at radius 3 is 2.36 bits per heavy atom. The molecule has 33 heavy (non-hydrogen) atoms. The molecule has 16 nitrogen and oxygen atoms in total. The van der Waals surface area contributed by atoms with E-state index in [9.17, 15) is 15.0 Å². The summed E-state index contributed by atoms with van der Waals surface area (Å²) in [7, 11) is -4.67. The van der Waals surface area contributed by atoms with Crippen molar-refractivity contribution in [1.29, 1.82) is 0 Å². The summed E-state index contributed by atoms with van der Waals surface area (Å²) in [6.45, 7) is -0.390. The molecule has 0 radical (unpaired) electrons. The average molecular weight is 515 g/mol. The van der Waals surface area contributed by atoms with Gasteiger partial charge in [-0.05, 0) is 18.4 Å². The Morgan fingerprint density at radius 2 is 1.88 bits per heavy atom. The average Bonchev–Trinajstić information content (AvgIpc) is 3.27. The molecule has 0 aliphatic carbocycles. The van der Waals surface area contributed by atoms with Gasteiger partial charge in [-0.2, -0.15) is 20.2 Å². The van der Waals surface area contributed by atoms with Gasteiger partial charge >= 0.3 is 16.4 Å². The predicted octanol–water partition coefficient (Wildman–Crippen LogP) is -2.48. The molecule has 10 N–H and O–H groups in total. The smallest absolute Gasteiger partial charge is 0.394 e. The number of hydrogen-bond acceptors (Lipinski definition) is 13. The second-order valence-electron chi connectivity index (χ2n) is 6.49. The first kappa shape index (κ1) is 28.9. The number of ether oxygens (including phenoxy) is 1. The highest BCUT2D eigenvalue weighted by atomic mass is 32.3. The highest BCUT2D eigenvalue weighted by Gasteiger charge is 2.43. The second kappa shape index (κ2) is 12.9. The van der Waals surface area contributed by atoms with Gasteiger partial charge in [0.2, 0.25) is 0 Å². The van der Waals surface area contributed by atoms with E-state index in [1.807, 2.05) is 6.26 Å². The van der Waals surface area contributed by atoms with Crippen molar-refractivity contribution in [3.8, 4) is 0 Å². The van der Waals surface area contributed by atoms with Gasteiger partial charge in [0.1, 0.15) is 36.2 Å². The number of nitrogens with zero attached hydrogens (tertiary/aromatic N) is 4. The van der Waals surface area contributed by atoms with Crippen LogP contribution in [0.1, 0.15) is 12.6 Å². The molecule has 0 bridgehead atoms. The Labute approximate surface area is 192 Å². The summed E-state index contributed by atoms with van der Waals surface area (Å²) in [5.74, 6) is 0.118. The van der Waals surface area contributed by atoms with Crippen molar-refractivity contribution in [2.24, 2.45) is 5.73 Å². The van der Waals surface area contributed by atoms with Gasteiger partial charge in [-0.3, -0.25) is 18.5 Å². The van der Waals surface area contributed by atoms with Crippen LogP contribution < -0.4 is 11.5 Å². The molecule has 0 spiro atoms. The van der Waals surface area contributed by atoms with Gasteiger partial charge in [0.05, 0.1) is 12.9 Å². The molecule has 1 aliphatic heterocycles. The van der Waals surface area contributed by atoms with Crippen LogP contribution in [0.25, 0.3) is 11.2 Å². The summed E-state index contributed by atoms with van der Waals surface area (Å²) in [5.41, 5.74) is 11.6. The molecular weight excluding hydrogens is 488 g/mol. The van der Waals surface area contributed by atoms with Crippen LogP contribution in [-0.4, -0.2) is 106 Å². The van der Waals surface area contributed by atoms with Gasteiger partial charge in [-0.1, -0.05) is 0 Å². The molecule has 188 valence electrons. The van der Waals surface area contributed by atoms with E-state index in [4.69, 9.17) is 43.9 Å². The minimum Gasteiger partial charge on any atom is -0.480 e. The van der Waals surface area contributed by atoms with Crippen molar-refractivity contribution in [1.82, 2.24) is 19.5 Å². The molecule has 1 saturated heterocycles. The highest BCUT2D eigenvalue weighted by Crippen LogP contribution is 2.31. The summed E-state index contributed by atoms with van der Waals surface area (Å²) in [4.78, 5) is 22.0. The zero-order valence-corrected chi connectivity index (χ0v) is 18.9. The van der Waals surface area contributed by atoms with Crippen LogP contribution in [0.5, 0.6) is 0 Å². The molecular formula is C15H26N6O10S2. The normalized spacial score (nSPS) is 23.2. The number of aliphatic hydroxyl groups is 3. The predicted molar refractivity (Wildman–Crippen MR) is 116 cm³/mol. The number of carboxylic acid groups (broad SMARTS) is 1. The first-order valence-corrected chi connectivity index (χ1v) is 11.8. The number of rotatable bonds is 6. The number of aromatic nitrogens is 4. The van der Waals surface area contributed by atoms with E-state index in [0.29, 0.717) is 17.6 Å². The molecule has 0 aromatic carbocycles. The maximum Gasteiger partial charge on any atom is 0.394 e. The Balaban J connectivity index is 0.000000326. The third-order valence-electron chi connectivity index (χ3n) is 4.13. The van der Waals surface area contributed by atoms with Crippen molar-refractivity contribution in [2.45, 2.75) is 37.0 Å². The van der Waals surface area contributed by atoms with Crippen LogP contribution >= 0.6 is 11.8 Å². The van der Waals surface area contributed by atoms with Gasteiger partial charge in [0.15, 0.2) is 17.7 Å². The van der Waals surface area contributed by atoms with E-state index < -0.39 is 53.6 Å². The van der Waals surface area contributed by atoms with Gasteiger partial charge in [-0.25, -0.2) is 15.0 Å². The number of imidazole rings is 1. The van der Waals surface area contributed by atoms with E-state index in [1.54, 1.807) is 11.8 Å². The van der Waals surface area contributed by atoms with Crippen LogP contribution in [0.15, 0.2) is 12.7 Å². The molecule has 18 heteroatoms. The van der Waals surface area contributed by atoms with Gasteiger partial charge < -0.3 is 36.6 Å². The Bertz CT molecular complexity index is 998. The highest BCUT2D eigenvalue weighted by molar-refractivity contribution is 7.98. The lowest BCUT2D eigenvalue weighted by Crippen LogP contribution is -2.33. The SMILES string of the molecule is CSCCC(N)C(=O)O.Nc1ncnc2c1ncn2[C@@H]1O[C@H](CO)[C@@H](O)[C@H]1O.O=S(=O)(O)O. The van der Waals surface area contributed by atoms with Crippen LogP contribution in [0.3, 0.4) is 0 Å². The lowest BCUT2D eigenvalue weighted by Gasteiger charge is -2.16. The number of carboxylic acids is 1. The first-order chi connectivity index (χ1) is 15.3. The van der Waals surface area contributed by atoms with Crippen LogP contribution in [0, 0.1) is 0 Å². The molecule has 0 saturated carbocycles. The number of thioether (sulfide) groups is 1. The lowest BCUT2D eigenvalue weighted by molar-refractivity contribution is -0.138. The Morgan fingerprint density at radius 1 is 1.27 bits per heavy atom. The minimum absolute atomic E-state index is 0.218. The number of nitrogen functional groups attached to an aromatic ring is 1. The van der Waals surface area contributed by atoms with Gasteiger partial charge in [-0.15, -0.1) is 0 Å². The fraction of sp³-hybridized carbons (Fsp3) is 0.600. The standard InChI is InChI=1S/C10H13N5O4.C5H11NO2S.H2O4S/c11-8-5-9(13-2-12-8)15(3-14-5)10-7(18)6(17)4(1-16)19-10;1-9-3-2-4(6)5(7)8;1-5(2,3)4/h2-4,6-7,10,16-18H,1H2,(H2,11,12,13);4H,2-3,6H2,1H3,(H,7,8);(H2,1,2,3,4)/t4-,6-,7-,10-;;/m1../s1. The molecule has 0 amide bonds. The number of carbonyl (C=O) groups is 1. The summed E-state index contributed by atoms with van der Waals surface area (Å²) < 4.78 is 38.4. The molecule has 5 atom stereocenters. The summed E-state index contributed by atoms with van der Waals surface area (Å²) in [6.07, 6.45) is 1.05. The Kier molecular flexibility index (Phi) is 11.3. The van der Waals surface area contributed by atoms with Crippen molar-refractivity contribution in [3.63, 3.8) is 0 Å². The second-order valence-corrected chi connectivity index (χ2v) is 8.37. The summed E-state index contributed by atoms with van der Waals surface area (Å²) >= 11 is 1.60. The molecule has 2 aromatic rings. The fourth-order valence-corrected chi connectivity index (χ4v) is 3.02. The molecule has 1 unspecified atom stereocenters. The largest absolute Gasteiger partial charge is 0.480 e. The quantitative estimate of drug-likeness (QED) is 0.185. The number of aliphatic carboxylic acids is 1.